The van der Waals surface area contributed by atoms with Gasteiger partial charge in [-0.15, -0.1) is 11.3 Å². The first-order valence-corrected chi connectivity index (χ1v) is 7.45. The van der Waals surface area contributed by atoms with Gasteiger partial charge in [-0.05, 0) is 34.5 Å². The Bertz CT molecular complexity index is 524. The number of nitrogens with zero attached hydrogens (tertiary/aromatic N) is 1. The van der Waals surface area contributed by atoms with Crippen LogP contribution < -0.4 is 0 Å². The van der Waals surface area contributed by atoms with Crippen LogP contribution in [0.4, 0.5) is 0 Å². The van der Waals surface area contributed by atoms with Crippen molar-refractivity contribution in [3.63, 3.8) is 0 Å². The van der Waals surface area contributed by atoms with Crippen molar-refractivity contribution in [3.05, 3.63) is 56.7 Å². The molecule has 4 heteroatoms. The van der Waals surface area contributed by atoms with Crippen LogP contribution in [0.5, 0.6) is 0 Å². The molecule has 0 bridgehead atoms. The summed E-state index contributed by atoms with van der Waals surface area (Å²) in [5.74, 6) is 0.0864. The third kappa shape index (κ3) is 3.21. The molecule has 0 aliphatic carbocycles. The van der Waals surface area contributed by atoms with Crippen molar-refractivity contribution in [1.82, 2.24) is 4.90 Å². The van der Waals surface area contributed by atoms with Gasteiger partial charge in [0.05, 0.1) is 9.35 Å². The van der Waals surface area contributed by atoms with E-state index in [1.54, 1.807) is 0 Å². The summed E-state index contributed by atoms with van der Waals surface area (Å²) in [6.45, 7) is 3.37. The molecule has 18 heavy (non-hydrogen) atoms. The second kappa shape index (κ2) is 6.16. The maximum atomic E-state index is 12.3. The van der Waals surface area contributed by atoms with E-state index < -0.39 is 0 Å². The number of thiophene rings is 1. The maximum Gasteiger partial charge on any atom is 0.255 e. The van der Waals surface area contributed by atoms with Crippen molar-refractivity contribution in [2.24, 2.45) is 0 Å². The molecule has 0 saturated heterocycles. The second-order valence-corrected chi connectivity index (χ2v) is 6.23. The highest BCUT2D eigenvalue weighted by molar-refractivity contribution is 9.11. The molecule has 94 valence electrons. The van der Waals surface area contributed by atoms with E-state index in [1.807, 2.05) is 53.6 Å². The van der Waals surface area contributed by atoms with Gasteiger partial charge in [-0.2, -0.15) is 0 Å². The Kier molecular flexibility index (Phi) is 4.55. The normalized spacial score (nSPS) is 10.3. The summed E-state index contributed by atoms with van der Waals surface area (Å²) in [6.07, 6.45) is 0. The van der Waals surface area contributed by atoms with Gasteiger partial charge < -0.3 is 4.90 Å². The molecule has 2 rings (SSSR count). The third-order valence-corrected chi connectivity index (χ3v) is 4.20. The molecule has 1 aromatic carbocycles. The monoisotopic (exact) mass is 323 g/mol. The third-order valence-electron chi connectivity index (χ3n) is 2.70. The minimum atomic E-state index is 0.0864. The van der Waals surface area contributed by atoms with Crippen molar-refractivity contribution in [3.8, 4) is 0 Å². The van der Waals surface area contributed by atoms with Gasteiger partial charge in [-0.25, -0.2) is 0 Å². The Morgan fingerprint density at radius 2 is 2.06 bits per heavy atom. The van der Waals surface area contributed by atoms with Crippen molar-refractivity contribution < 1.29 is 4.79 Å². The summed E-state index contributed by atoms with van der Waals surface area (Å²) in [5, 5.41) is 1.89. The molecule has 0 unspecified atom stereocenters. The molecule has 0 N–H and O–H groups in total. The van der Waals surface area contributed by atoms with Crippen molar-refractivity contribution in [2.75, 3.05) is 6.54 Å². The molecule has 0 fully saturated rings. The van der Waals surface area contributed by atoms with E-state index in [1.165, 1.54) is 11.3 Å². The number of carbonyl (C=O) groups excluding carboxylic acids is 1. The van der Waals surface area contributed by atoms with Crippen molar-refractivity contribution >= 4 is 33.2 Å². The Balaban J connectivity index is 2.12. The molecule has 2 aromatic rings. The van der Waals surface area contributed by atoms with Crippen LogP contribution in [-0.2, 0) is 6.54 Å². The molecule has 1 amide bonds. The van der Waals surface area contributed by atoms with Gasteiger partial charge in [0.15, 0.2) is 0 Å². The molecule has 0 aliphatic rings. The van der Waals surface area contributed by atoms with Crippen LogP contribution >= 0.6 is 27.3 Å². The van der Waals surface area contributed by atoms with Gasteiger partial charge in [-0.1, -0.05) is 30.3 Å². The molecule has 1 heterocycles. The summed E-state index contributed by atoms with van der Waals surface area (Å²) in [5.41, 5.74) is 1.91. The number of hydrogen-bond donors (Lipinski definition) is 0. The SMILES string of the molecule is CCN(Cc1ccccc1)C(=O)c1csc(Br)c1. The lowest BCUT2D eigenvalue weighted by Gasteiger charge is -2.20. The minimum Gasteiger partial charge on any atom is -0.335 e. The lowest BCUT2D eigenvalue weighted by molar-refractivity contribution is 0.0753. The van der Waals surface area contributed by atoms with Crippen LogP contribution in [0, 0.1) is 0 Å². The predicted octanol–water partition coefficient (Wildman–Crippen LogP) is 4.17. The van der Waals surface area contributed by atoms with Crippen LogP contribution in [0.2, 0.25) is 0 Å². The highest BCUT2D eigenvalue weighted by Gasteiger charge is 2.15. The van der Waals surface area contributed by atoms with Crippen LogP contribution in [0.25, 0.3) is 0 Å². The van der Waals surface area contributed by atoms with E-state index in [0.717, 1.165) is 14.9 Å². The number of amides is 1. The molecule has 0 atom stereocenters. The molecule has 0 saturated carbocycles. The van der Waals surface area contributed by atoms with Gasteiger partial charge in [0, 0.05) is 18.5 Å². The molecule has 2 nitrogen and oxygen atoms in total. The Morgan fingerprint density at radius 3 is 2.61 bits per heavy atom. The van der Waals surface area contributed by atoms with Gasteiger partial charge in [-0.3, -0.25) is 4.79 Å². The Hall–Kier alpha value is -1.13. The second-order valence-electron chi connectivity index (χ2n) is 3.94. The molecule has 0 aliphatic heterocycles. The van der Waals surface area contributed by atoms with Gasteiger partial charge in [0.25, 0.3) is 5.91 Å². The zero-order valence-corrected chi connectivity index (χ0v) is 12.5. The van der Waals surface area contributed by atoms with E-state index >= 15 is 0 Å². The number of halogens is 1. The molecular formula is C14H14BrNOS. The zero-order valence-electron chi connectivity index (χ0n) is 10.1. The number of rotatable bonds is 4. The summed E-state index contributed by atoms with van der Waals surface area (Å²) < 4.78 is 0.988. The van der Waals surface area contributed by atoms with Gasteiger partial charge >= 0.3 is 0 Å². The van der Waals surface area contributed by atoms with Crippen molar-refractivity contribution in [1.29, 1.82) is 0 Å². The average Bonchev–Trinajstić information content (AvgIpc) is 2.83. The molecular weight excluding hydrogens is 310 g/mol. The van der Waals surface area contributed by atoms with E-state index in [9.17, 15) is 4.79 Å². The summed E-state index contributed by atoms with van der Waals surface area (Å²) in [4.78, 5) is 14.2. The van der Waals surface area contributed by atoms with E-state index in [-0.39, 0.29) is 5.91 Å². The Morgan fingerprint density at radius 1 is 1.33 bits per heavy atom. The fraction of sp³-hybridized carbons (Fsp3) is 0.214. The van der Waals surface area contributed by atoms with Crippen molar-refractivity contribution in [2.45, 2.75) is 13.5 Å². The van der Waals surface area contributed by atoms with Crippen LogP contribution in [0.3, 0.4) is 0 Å². The fourth-order valence-corrected chi connectivity index (χ4v) is 2.87. The maximum absolute atomic E-state index is 12.3. The van der Waals surface area contributed by atoms with E-state index in [2.05, 4.69) is 15.9 Å². The minimum absolute atomic E-state index is 0.0864. The zero-order chi connectivity index (χ0) is 13.0. The first kappa shape index (κ1) is 13.3. The van der Waals surface area contributed by atoms with E-state index in [4.69, 9.17) is 0 Å². The van der Waals surface area contributed by atoms with Crippen LogP contribution in [0.15, 0.2) is 45.6 Å². The molecule has 1 aromatic heterocycles. The number of carbonyl (C=O) groups is 1. The average molecular weight is 324 g/mol. The van der Waals surface area contributed by atoms with Crippen LogP contribution in [-0.4, -0.2) is 17.4 Å². The highest BCUT2D eigenvalue weighted by atomic mass is 79.9. The summed E-state index contributed by atoms with van der Waals surface area (Å²) in [6, 6.07) is 11.9. The smallest absolute Gasteiger partial charge is 0.255 e. The largest absolute Gasteiger partial charge is 0.335 e. The van der Waals surface area contributed by atoms with Gasteiger partial charge in [0.1, 0.15) is 0 Å². The number of benzene rings is 1. The van der Waals surface area contributed by atoms with Crippen LogP contribution in [0.1, 0.15) is 22.8 Å². The quantitative estimate of drug-likeness (QED) is 0.826. The number of hydrogen-bond acceptors (Lipinski definition) is 2. The summed E-state index contributed by atoms with van der Waals surface area (Å²) >= 11 is 4.92. The lowest BCUT2D eigenvalue weighted by Crippen LogP contribution is -2.29. The standard InChI is InChI=1S/C14H14BrNOS/c1-2-16(9-11-6-4-3-5-7-11)14(17)12-8-13(15)18-10-12/h3-8,10H,2,9H2,1H3. The fourth-order valence-electron chi connectivity index (χ4n) is 1.74. The molecule has 0 spiro atoms. The van der Waals surface area contributed by atoms with Gasteiger partial charge in [0.2, 0.25) is 0 Å². The topological polar surface area (TPSA) is 20.3 Å². The summed E-state index contributed by atoms with van der Waals surface area (Å²) in [7, 11) is 0. The highest BCUT2D eigenvalue weighted by Crippen LogP contribution is 2.22. The Labute approximate surface area is 119 Å². The molecule has 0 radical (unpaired) electrons. The lowest BCUT2D eigenvalue weighted by atomic mass is 10.2. The first-order valence-electron chi connectivity index (χ1n) is 5.78. The predicted molar refractivity (Wildman–Crippen MR) is 78.9 cm³/mol. The van der Waals surface area contributed by atoms with E-state index in [0.29, 0.717) is 13.1 Å². The first-order chi connectivity index (χ1) is 8.70.